The quantitative estimate of drug-likeness (QED) is 0.150. The molecule has 0 saturated carbocycles. The zero-order chi connectivity index (χ0) is 37.4. The van der Waals surface area contributed by atoms with E-state index in [9.17, 15) is 32.2 Å². The number of carbonyl (C=O) groups excluding carboxylic acids is 4. The van der Waals surface area contributed by atoms with Gasteiger partial charge in [-0.1, -0.05) is 78.9 Å². The van der Waals surface area contributed by atoms with Crippen LogP contribution in [0.15, 0.2) is 78.9 Å². The van der Waals surface area contributed by atoms with Crippen LogP contribution in [0.25, 0.3) is 0 Å². The molecule has 17 heteroatoms. The number of rotatable bonds is 17. The molecule has 1 heterocycles. The number of hydrogen-bond acceptors (Lipinski definition) is 9. The van der Waals surface area contributed by atoms with Gasteiger partial charge in [0.2, 0.25) is 33.7 Å². The van der Waals surface area contributed by atoms with Crippen molar-refractivity contribution >= 4 is 41.2 Å². The van der Waals surface area contributed by atoms with E-state index in [2.05, 4.69) is 10.6 Å². The summed E-state index contributed by atoms with van der Waals surface area (Å²) in [6.07, 6.45) is -0.541. The zero-order valence-corrected chi connectivity index (χ0v) is 29.6. The Morgan fingerprint density at radius 3 is 1.96 bits per heavy atom. The van der Waals surface area contributed by atoms with Crippen LogP contribution < -0.4 is 21.1 Å². The molecule has 0 aromatic heterocycles. The number of halogens is 2. The van der Waals surface area contributed by atoms with Crippen LogP contribution in [-0.2, 0) is 67.7 Å². The third kappa shape index (κ3) is 9.85. The summed E-state index contributed by atoms with van der Waals surface area (Å²) in [6.45, 7) is 2.32. The van der Waals surface area contributed by atoms with Crippen LogP contribution in [-0.4, -0.2) is 57.3 Å². The Kier molecular flexibility index (Phi) is 12.8. The molecule has 0 bridgehead atoms. The van der Waals surface area contributed by atoms with E-state index in [1.54, 1.807) is 42.5 Å². The highest BCUT2D eigenvalue weighted by atomic mass is 32.2. The fourth-order valence-corrected chi connectivity index (χ4v) is 8.43. The molecule has 51 heavy (non-hydrogen) atoms. The molecule has 1 unspecified atom stereocenters. The van der Waals surface area contributed by atoms with Crippen molar-refractivity contribution in [2.24, 2.45) is 5.73 Å². The van der Waals surface area contributed by atoms with E-state index in [4.69, 9.17) is 14.8 Å². The fourth-order valence-electron chi connectivity index (χ4n) is 5.46. The van der Waals surface area contributed by atoms with E-state index in [1.807, 2.05) is 4.72 Å². The monoisotopic (exact) mass is 748 g/mol. The van der Waals surface area contributed by atoms with Gasteiger partial charge in [-0.2, -0.15) is 8.78 Å². The van der Waals surface area contributed by atoms with Gasteiger partial charge in [-0.05, 0) is 36.1 Å². The van der Waals surface area contributed by atoms with Gasteiger partial charge in [-0.25, -0.2) is 8.42 Å². The highest BCUT2D eigenvalue weighted by Gasteiger charge is 2.54. The maximum Gasteiger partial charge on any atom is 0.404 e. The van der Waals surface area contributed by atoms with Crippen molar-refractivity contribution in [2.45, 2.75) is 62.5 Å². The topological polar surface area (TPSA) is 200 Å². The van der Waals surface area contributed by atoms with Crippen molar-refractivity contribution in [3.63, 3.8) is 0 Å². The lowest BCUT2D eigenvalue weighted by molar-refractivity contribution is -0.131. The lowest BCUT2D eigenvalue weighted by atomic mass is 10.0. The van der Waals surface area contributed by atoms with Gasteiger partial charge in [-0.15, -0.1) is 0 Å². The first kappa shape index (κ1) is 39.3. The largest absolute Gasteiger partial charge is 0.404 e. The summed E-state index contributed by atoms with van der Waals surface area (Å²) in [4.78, 5) is 50.8. The molecule has 4 amide bonds. The second-order valence-electron chi connectivity index (χ2n) is 11.7. The molecule has 0 spiro atoms. The molecule has 3 aromatic carbocycles. The molecule has 1 aliphatic rings. The maximum absolute atomic E-state index is 15.2. The number of nitrogens with one attached hydrogen (secondary N) is 3. The van der Waals surface area contributed by atoms with Crippen LogP contribution in [0, 0.1) is 0 Å². The molecule has 1 fully saturated rings. The minimum absolute atomic E-state index is 0.0382. The summed E-state index contributed by atoms with van der Waals surface area (Å²) >= 11 is 0. The van der Waals surface area contributed by atoms with Crippen LogP contribution in [0.2, 0.25) is 0 Å². The molecule has 5 N–H and O–H groups in total. The Morgan fingerprint density at radius 2 is 1.43 bits per heavy atom. The normalized spacial score (nSPS) is 16.9. The molecule has 1 aliphatic heterocycles. The van der Waals surface area contributed by atoms with E-state index < -0.39 is 69.8 Å². The summed E-state index contributed by atoms with van der Waals surface area (Å²) < 4.78 is 79.2. The number of carbonyl (C=O) groups is 4. The van der Waals surface area contributed by atoms with E-state index in [0.29, 0.717) is 22.3 Å². The van der Waals surface area contributed by atoms with Crippen LogP contribution in [0.1, 0.15) is 53.3 Å². The van der Waals surface area contributed by atoms with Crippen molar-refractivity contribution < 1.29 is 50.0 Å². The summed E-state index contributed by atoms with van der Waals surface area (Å²) in [5, 5.41) is 4.19. The first-order chi connectivity index (χ1) is 24.1. The van der Waals surface area contributed by atoms with Gasteiger partial charge < -0.3 is 25.4 Å². The standard InChI is InChI=1S/C34H39F2N4O9PS/c1-3-48-50(45,49-4-2)34(35,36)26-16-12-24(13-17-26)20-30(41)38-28(19-22-8-6-5-7-9-22)33(44)39-27(32(37)43)18-23-10-14-25(15-11-23)29-21-31(42)40-51(29,46)47/h5-17,27-29H,3-4,18-21H2,1-2H3,(H2,37,43)(H,38,41)(H,39,44)(H,40,42)/t27-,28-,29?/m0/s1. The third-order valence-electron chi connectivity index (χ3n) is 8.00. The smallest absolute Gasteiger partial charge is 0.368 e. The van der Waals surface area contributed by atoms with Crippen LogP contribution in [0.3, 0.4) is 0 Å². The van der Waals surface area contributed by atoms with E-state index in [-0.39, 0.29) is 38.9 Å². The van der Waals surface area contributed by atoms with Gasteiger partial charge in [0.05, 0.1) is 26.1 Å². The third-order valence-corrected chi connectivity index (χ3v) is 11.8. The molecule has 1 saturated heterocycles. The predicted molar refractivity (Wildman–Crippen MR) is 183 cm³/mol. The fraction of sp³-hybridized carbons (Fsp3) is 0.353. The Bertz CT molecular complexity index is 1870. The second-order valence-corrected chi connectivity index (χ2v) is 15.7. The number of sulfonamides is 1. The summed E-state index contributed by atoms with van der Waals surface area (Å²) in [5.41, 5.74) is 2.97. The van der Waals surface area contributed by atoms with Gasteiger partial charge in [0.1, 0.15) is 17.3 Å². The summed E-state index contributed by atoms with van der Waals surface area (Å²) in [7, 11) is -8.68. The Balaban J connectivity index is 1.46. The average molecular weight is 749 g/mol. The van der Waals surface area contributed by atoms with Gasteiger partial charge >= 0.3 is 13.3 Å². The van der Waals surface area contributed by atoms with Crippen LogP contribution in [0.4, 0.5) is 8.78 Å². The van der Waals surface area contributed by atoms with Crippen molar-refractivity contribution in [3.05, 3.63) is 107 Å². The molecule has 4 rings (SSSR count). The van der Waals surface area contributed by atoms with Crippen molar-refractivity contribution in [3.8, 4) is 0 Å². The second kappa shape index (κ2) is 16.7. The minimum Gasteiger partial charge on any atom is -0.368 e. The molecule has 3 aromatic rings. The SMILES string of the molecule is CCOP(=O)(OCC)C(F)(F)c1ccc(CC(=O)N[C@@H](Cc2ccccc2)C(=O)N[C@@H](Cc2ccc(C3CC(=O)NS3(=O)=O)cc2)C(N)=O)cc1. The lowest BCUT2D eigenvalue weighted by Crippen LogP contribution is -2.54. The van der Waals surface area contributed by atoms with Crippen molar-refractivity contribution in [2.75, 3.05) is 13.2 Å². The van der Waals surface area contributed by atoms with E-state index in [0.717, 1.165) is 12.1 Å². The Morgan fingerprint density at radius 1 is 0.882 bits per heavy atom. The van der Waals surface area contributed by atoms with Crippen LogP contribution in [0.5, 0.6) is 0 Å². The average Bonchev–Trinajstić information content (AvgIpc) is 3.36. The molecule has 3 atom stereocenters. The highest BCUT2D eigenvalue weighted by Crippen LogP contribution is 2.66. The molecule has 13 nitrogen and oxygen atoms in total. The number of hydrogen-bond donors (Lipinski definition) is 4. The number of benzene rings is 3. The van der Waals surface area contributed by atoms with Crippen LogP contribution >= 0.6 is 7.60 Å². The molecule has 0 radical (unpaired) electrons. The minimum atomic E-state index is -4.83. The van der Waals surface area contributed by atoms with E-state index in [1.165, 1.54) is 38.1 Å². The number of primary amides is 1. The van der Waals surface area contributed by atoms with Crippen molar-refractivity contribution in [1.82, 2.24) is 15.4 Å². The first-order valence-electron chi connectivity index (χ1n) is 16.0. The van der Waals surface area contributed by atoms with Gasteiger partial charge in [-0.3, -0.25) is 28.5 Å². The van der Waals surface area contributed by atoms with Gasteiger partial charge in [0.15, 0.2) is 0 Å². The highest BCUT2D eigenvalue weighted by molar-refractivity contribution is 7.90. The number of alkyl halides is 2. The molecule has 0 aliphatic carbocycles. The van der Waals surface area contributed by atoms with Gasteiger partial charge in [0, 0.05) is 18.4 Å². The summed E-state index contributed by atoms with van der Waals surface area (Å²) in [5.74, 6) is -2.81. The maximum atomic E-state index is 15.2. The molecular formula is C34H39F2N4O9PS. The summed E-state index contributed by atoms with van der Waals surface area (Å²) in [6, 6.07) is 17.1. The Hall–Kier alpha value is -4.50. The molecule has 274 valence electrons. The number of nitrogens with two attached hydrogens (primary N) is 1. The number of amides is 4. The van der Waals surface area contributed by atoms with Gasteiger partial charge in [0.25, 0.3) is 0 Å². The predicted octanol–water partition coefficient (Wildman–Crippen LogP) is 3.38. The van der Waals surface area contributed by atoms with E-state index >= 15 is 8.78 Å². The first-order valence-corrected chi connectivity index (χ1v) is 19.1. The zero-order valence-electron chi connectivity index (χ0n) is 27.8. The molecular weight excluding hydrogens is 709 g/mol. The van der Waals surface area contributed by atoms with Crippen molar-refractivity contribution in [1.29, 1.82) is 0 Å². The lowest BCUT2D eigenvalue weighted by Gasteiger charge is -2.26. The Labute approximate surface area is 294 Å².